The molecular formula is C10H13NO. The second kappa shape index (κ2) is 3.59. The first-order chi connectivity index (χ1) is 5.95. The minimum Gasteiger partial charge on any atom is -0.472 e. The molecule has 1 aliphatic rings. The average Bonchev–Trinajstić information content (AvgIpc) is 2.59. The van der Waals surface area contributed by atoms with Crippen LogP contribution in [0.4, 0.5) is 0 Å². The Morgan fingerprint density at radius 1 is 1.50 bits per heavy atom. The van der Waals surface area contributed by atoms with Gasteiger partial charge in [0, 0.05) is 12.1 Å². The van der Waals surface area contributed by atoms with Gasteiger partial charge in [-0.25, -0.2) is 0 Å². The lowest BCUT2D eigenvalue weighted by atomic mass is 10.0. The van der Waals surface area contributed by atoms with Crippen molar-refractivity contribution in [3.8, 4) is 0 Å². The summed E-state index contributed by atoms with van der Waals surface area (Å²) in [5, 5.41) is 3.35. The van der Waals surface area contributed by atoms with Crippen LogP contribution in [0.15, 0.2) is 28.6 Å². The predicted octanol–water partition coefficient (Wildman–Crippen LogP) is 2.05. The molecule has 2 nitrogen and oxygen atoms in total. The molecule has 1 fully saturated rings. The molecule has 2 heteroatoms. The summed E-state index contributed by atoms with van der Waals surface area (Å²) in [5.74, 6) is 0. The van der Waals surface area contributed by atoms with Gasteiger partial charge in [0.25, 0.3) is 0 Å². The maximum atomic E-state index is 4.99. The maximum Gasteiger partial charge on any atom is 0.0974 e. The van der Waals surface area contributed by atoms with Gasteiger partial charge in [0.05, 0.1) is 12.5 Å². The first-order valence-corrected chi connectivity index (χ1v) is 4.37. The van der Waals surface area contributed by atoms with Crippen molar-refractivity contribution >= 4 is 6.08 Å². The number of nitrogens with one attached hydrogen (secondary N) is 1. The second-order valence-electron chi connectivity index (χ2n) is 3.14. The second-order valence-corrected chi connectivity index (χ2v) is 3.14. The molecule has 1 aromatic rings. The van der Waals surface area contributed by atoms with Crippen LogP contribution in [0.2, 0.25) is 0 Å². The number of hydrogen-bond donors (Lipinski definition) is 1. The fourth-order valence-corrected chi connectivity index (χ4v) is 1.49. The smallest absolute Gasteiger partial charge is 0.0974 e. The van der Waals surface area contributed by atoms with Crippen LogP contribution in [0.25, 0.3) is 6.08 Å². The predicted molar refractivity (Wildman–Crippen MR) is 48.8 cm³/mol. The van der Waals surface area contributed by atoms with Gasteiger partial charge in [0.15, 0.2) is 0 Å². The van der Waals surface area contributed by atoms with Crippen LogP contribution in [0.3, 0.4) is 0 Å². The number of piperidine rings is 1. The Kier molecular flexibility index (Phi) is 2.28. The molecule has 0 aliphatic carbocycles. The van der Waals surface area contributed by atoms with Crippen LogP contribution in [-0.4, -0.2) is 13.1 Å². The average molecular weight is 163 g/mol. The van der Waals surface area contributed by atoms with Gasteiger partial charge in [-0.1, -0.05) is 11.6 Å². The van der Waals surface area contributed by atoms with Gasteiger partial charge in [0.1, 0.15) is 0 Å². The highest BCUT2D eigenvalue weighted by atomic mass is 16.3. The molecule has 0 radical (unpaired) electrons. The van der Waals surface area contributed by atoms with E-state index in [1.165, 1.54) is 24.0 Å². The SMILES string of the molecule is C(=C1CCCNC1)c1ccoc1. The molecule has 0 bridgehead atoms. The third kappa shape index (κ3) is 1.77. The highest BCUT2D eigenvalue weighted by Crippen LogP contribution is 2.13. The van der Waals surface area contributed by atoms with Crippen LogP contribution in [0.5, 0.6) is 0 Å². The van der Waals surface area contributed by atoms with Crippen molar-refractivity contribution in [1.82, 2.24) is 5.32 Å². The van der Waals surface area contributed by atoms with E-state index in [1.807, 2.05) is 6.07 Å². The van der Waals surface area contributed by atoms with Gasteiger partial charge in [-0.2, -0.15) is 0 Å². The van der Waals surface area contributed by atoms with Crippen molar-refractivity contribution in [3.05, 3.63) is 29.7 Å². The summed E-state index contributed by atoms with van der Waals surface area (Å²) in [6.45, 7) is 2.19. The highest BCUT2D eigenvalue weighted by Gasteiger charge is 2.03. The Hall–Kier alpha value is -1.02. The Balaban J connectivity index is 2.07. The van der Waals surface area contributed by atoms with Gasteiger partial charge in [-0.05, 0) is 25.5 Å². The zero-order valence-electron chi connectivity index (χ0n) is 7.05. The summed E-state index contributed by atoms with van der Waals surface area (Å²) < 4.78 is 4.99. The summed E-state index contributed by atoms with van der Waals surface area (Å²) in [7, 11) is 0. The fraction of sp³-hybridized carbons (Fsp3) is 0.400. The molecule has 1 saturated heterocycles. The minimum absolute atomic E-state index is 1.03. The zero-order valence-corrected chi connectivity index (χ0v) is 7.05. The van der Waals surface area contributed by atoms with Gasteiger partial charge < -0.3 is 9.73 Å². The minimum atomic E-state index is 1.03. The van der Waals surface area contributed by atoms with Crippen LogP contribution in [0.1, 0.15) is 18.4 Å². The molecule has 0 atom stereocenters. The lowest BCUT2D eigenvalue weighted by Crippen LogP contribution is -2.23. The molecule has 0 saturated carbocycles. The molecular weight excluding hydrogens is 150 g/mol. The molecule has 2 heterocycles. The van der Waals surface area contributed by atoms with Crippen LogP contribution in [0, 0.1) is 0 Å². The first kappa shape index (κ1) is 7.62. The lowest BCUT2D eigenvalue weighted by molar-refractivity contribution is 0.566. The number of furan rings is 1. The van der Waals surface area contributed by atoms with Gasteiger partial charge in [-0.3, -0.25) is 0 Å². The van der Waals surface area contributed by atoms with E-state index in [0.29, 0.717) is 0 Å². The van der Waals surface area contributed by atoms with Crippen molar-refractivity contribution < 1.29 is 4.42 Å². The van der Waals surface area contributed by atoms with Gasteiger partial charge in [0.2, 0.25) is 0 Å². The molecule has 12 heavy (non-hydrogen) atoms. The quantitative estimate of drug-likeness (QED) is 0.685. The van der Waals surface area contributed by atoms with E-state index < -0.39 is 0 Å². The van der Waals surface area contributed by atoms with Crippen molar-refractivity contribution in [2.75, 3.05) is 13.1 Å². The lowest BCUT2D eigenvalue weighted by Gasteiger charge is -2.14. The first-order valence-electron chi connectivity index (χ1n) is 4.37. The van der Waals surface area contributed by atoms with Crippen molar-refractivity contribution in [3.63, 3.8) is 0 Å². The largest absolute Gasteiger partial charge is 0.472 e. The molecule has 64 valence electrons. The number of hydrogen-bond acceptors (Lipinski definition) is 2. The Morgan fingerprint density at radius 3 is 3.17 bits per heavy atom. The molecule has 0 aromatic carbocycles. The fourth-order valence-electron chi connectivity index (χ4n) is 1.49. The monoisotopic (exact) mass is 163 g/mol. The maximum absolute atomic E-state index is 4.99. The van der Waals surface area contributed by atoms with E-state index in [0.717, 1.165) is 13.1 Å². The highest BCUT2D eigenvalue weighted by molar-refractivity contribution is 5.51. The summed E-state index contributed by atoms with van der Waals surface area (Å²) in [5.41, 5.74) is 2.65. The van der Waals surface area contributed by atoms with E-state index >= 15 is 0 Å². The Morgan fingerprint density at radius 2 is 2.50 bits per heavy atom. The molecule has 1 N–H and O–H groups in total. The van der Waals surface area contributed by atoms with Crippen molar-refractivity contribution in [2.24, 2.45) is 0 Å². The van der Waals surface area contributed by atoms with Crippen molar-refractivity contribution in [2.45, 2.75) is 12.8 Å². The van der Waals surface area contributed by atoms with Gasteiger partial charge in [-0.15, -0.1) is 0 Å². The normalized spacial score (nSPS) is 21.5. The van der Waals surface area contributed by atoms with Crippen LogP contribution in [-0.2, 0) is 0 Å². The summed E-state index contributed by atoms with van der Waals surface area (Å²) in [6, 6.07) is 1.99. The van der Waals surface area contributed by atoms with Crippen LogP contribution >= 0.6 is 0 Å². The molecule has 1 aromatic heterocycles. The summed E-state index contributed by atoms with van der Waals surface area (Å²) in [4.78, 5) is 0. The third-order valence-electron chi connectivity index (χ3n) is 2.12. The molecule has 0 unspecified atom stereocenters. The topological polar surface area (TPSA) is 25.2 Å². The van der Waals surface area contributed by atoms with E-state index in [-0.39, 0.29) is 0 Å². The van der Waals surface area contributed by atoms with E-state index in [9.17, 15) is 0 Å². The zero-order chi connectivity index (χ0) is 8.23. The van der Waals surface area contributed by atoms with Crippen LogP contribution < -0.4 is 5.32 Å². The van der Waals surface area contributed by atoms with Gasteiger partial charge >= 0.3 is 0 Å². The molecule has 0 amide bonds. The number of rotatable bonds is 1. The summed E-state index contributed by atoms with van der Waals surface area (Å²) >= 11 is 0. The van der Waals surface area contributed by atoms with E-state index in [2.05, 4.69) is 11.4 Å². The molecule has 2 rings (SSSR count). The van der Waals surface area contributed by atoms with Crippen molar-refractivity contribution in [1.29, 1.82) is 0 Å². The molecule has 0 spiro atoms. The Labute approximate surface area is 72.3 Å². The van der Waals surface area contributed by atoms with E-state index in [1.54, 1.807) is 12.5 Å². The standard InChI is InChI=1S/C10H13NO/c1-2-9(7-11-4-1)6-10-3-5-12-8-10/h3,5-6,8,11H,1-2,4,7H2. The third-order valence-corrected chi connectivity index (χ3v) is 2.12. The van der Waals surface area contributed by atoms with E-state index in [4.69, 9.17) is 4.42 Å². The summed E-state index contributed by atoms with van der Waals surface area (Å²) in [6.07, 6.45) is 8.17. The molecule has 1 aliphatic heterocycles. The Bertz CT molecular complexity index is 253.